The van der Waals surface area contributed by atoms with Crippen molar-refractivity contribution in [2.24, 2.45) is 5.92 Å². The number of aryl methyl sites for hydroxylation is 1. The molecule has 148 valence electrons. The Balaban J connectivity index is 1.74. The molecule has 1 saturated carbocycles. The van der Waals surface area contributed by atoms with E-state index in [1.807, 2.05) is 0 Å². The molecule has 2 aliphatic carbocycles. The van der Waals surface area contributed by atoms with E-state index in [2.05, 4.69) is 0 Å². The number of allylic oxidation sites excluding steroid dienone is 1. The molecule has 1 fully saturated rings. The van der Waals surface area contributed by atoms with Crippen LogP contribution < -0.4 is 4.74 Å². The van der Waals surface area contributed by atoms with Crippen molar-refractivity contribution in [1.29, 1.82) is 0 Å². The molecule has 2 aliphatic rings. The van der Waals surface area contributed by atoms with E-state index in [4.69, 9.17) is 9.84 Å². The van der Waals surface area contributed by atoms with Gasteiger partial charge in [-0.2, -0.15) is 0 Å². The molecule has 0 amide bonds. The molecule has 0 bridgehead atoms. The maximum absolute atomic E-state index is 14.0. The minimum absolute atomic E-state index is 0.0886. The van der Waals surface area contributed by atoms with Gasteiger partial charge in [0.05, 0.1) is 0 Å². The zero-order valence-corrected chi connectivity index (χ0v) is 15.9. The fourth-order valence-corrected chi connectivity index (χ4v) is 4.09. The molecule has 0 aromatic heterocycles. The smallest absolute Gasteiger partial charge is 0.303 e. The first-order chi connectivity index (χ1) is 12.8. The standard InChI is InChI=1S/C22H28F2O3/c1-22(23,24)20-13-18(11-9-16(20)10-12-21(25)26)27-14-17-5-2-3-8-19(17)15-6-4-7-15/h9,11,13,15H,2-8,10,12,14H2,1H3,(H,25,26). The Morgan fingerprint density at radius 3 is 2.59 bits per heavy atom. The molecule has 3 rings (SSSR count). The Hall–Kier alpha value is -1.91. The van der Waals surface area contributed by atoms with E-state index < -0.39 is 11.9 Å². The normalized spacial score (nSPS) is 18.3. The highest BCUT2D eigenvalue weighted by molar-refractivity contribution is 5.67. The number of benzene rings is 1. The van der Waals surface area contributed by atoms with Gasteiger partial charge in [0.25, 0.3) is 5.92 Å². The van der Waals surface area contributed by atoms with Gasteiger partial charge in [0.2, 0.25) is 0 Å². The van der Waals surface area contributed by atoms with Crippen molar-refractivity contribution in [2.45, 2.75) is 70.6 Å². The van der Waals surface area contributed by atoms with Crippen molar-refractivity contribution in [2.75, 3.05) is 6.61 Å². The second-order valence-corrected chi connectivity index (χ2v) is 7.85. The lowest BCUT2D eigenvalue weighted by atomic mass is 9.73. The summed E-state index contributed by atoms with van der Waals surface area (Å²) in [6, 6.07) is 4.63. The molecule has 0 unspecified atom stereocenters. The maximum Gasteiger partial charge on any atom is 0.303 e. The molecule has 0 atom stereocenters. The SMILES string of the molecule is CC(F)(F)c1cc(OCC2=C(C3CCC3)CCCC2)ccc1CCC(=O)O. The molecule has 0 radical (unpaired) electrons. The molecule has 5 heteroatoms. The van der Waals surface area contributed by atoms with Crippen LogP contribution >= 0.6 is 0 Å². The minimum Gasteiger partial charge on any atom is -0.489 e. The van der Waals surface area contributed by atoms with Crippen LogP contribution in [0.4, 0.5) is 8.78 Å². The summed E-state index contributed by atoms with van der Waals surface area (Å²) in [4.78, 5) is 10.8. The molecule has 0 spiro atoms. The molecule has 1 aromatic rings. The average Bonchev–Trinajstić information content (AvgIpc) is 2.57. The number of hydrogen-bond donors (Lipinski definition) is 1. The van der Waals surface area contributed by atoms with Crippen LogP contribution in [0, 0.1) is 5.92 Å². The lowest BCUT2D eigenvalue weighted by molar-refractivity contribution is -0.137. The van der Waals surface area contributed by atoms with E-state index in [9.17, 15) is 13.6 Å². The van der Waals surface area contributed by atoms with Gasteiger partial charge in [0, 0.05) is 18.9 Å². The van der Waals surface area contributed by atoms with Crippen LogP contribution in [0.5, 0.6) is 5.75 Å². The van der Waals surface area contributed by atoms with Gasteiger partial charge in [-0.25, -0.2) is 8.78 Å². The van der Waals surface area contributed by atoms with Crippen LogP contribution in [-0.4, -0.2) is 17.7 Å². The van der Waals surface area contributed by atoms with Crippen LogP contribution in [0.1, 0.15) is 69.4 Å². The van der Waals surface area contributed by atoms with Crippen molar-refractivity contribution in [3.8, 4) is 5.75 Å². The summed E-state index contributed by atoms with van der Waals surface area (Å²) in [5, 5.41) is 8.83. The molecule has 1 aromatic carbocycles. The first kappa shape index (κ1) is 19.8. The van der Waals surface area contributed by atoms with E-state index in [1.165, 1.54) is 43.7 Å². The van der Waals surface area contributed by atoms with Gasteiger partial charge in [-0.3, -0.25) is 4.79 Å². The first-order valence-corrected chi connectivity index (χ1v) is 9.91. The highest BCUT2D eigenvalue weighted by Gasteiger charge is 2.29. The molecule has 27 heavy (non-hydrogen) atoms. The molecule has 1 N–H and O–H groups in total. The lowest BCUT2D eigenvalue weighted by Crippen LogP contribution is -2.20. The molecular weight excluding hydrogens is 350 g/mol. The van der Waals surface area contributed by atoms with Gasteiger partial charge in [-0.1, -0.05) is 18.1 Å². The molecule has 0 aliphatic heterocycles. The predicted molar refractivity (Wildman–Crippen MR) is 100 cm³/mol. The number of carboxylic acids is 1. The Morgan fingerprint density at radius 1 is 1.22 bits per heavy atom. The number of rotatable bonds is 8. The highest BCUT2D eigenvalue weighted by Crippen LogP contribution is 2.41. The van der Waals surface area contributed by atoms with E-state index in [-0.39, 0.29) is 18.4 Å². The van der Waals surface area contributed by atoms with Crippen LogP contribution in [0.15, 0.2) is 29.3 Å². The van der Waals surface area contributed by atoms with E-state index in [0.717, 1.165) is 19.8 Å². The topological polar surface area (TPSA) is 46.5 Å². The molecule has 3 nitrogen and oxygen atoms in total. The average molecular weight is 378 g/mol. The van der Waals surface area contributed by atoms with Crippen molar-refractivity contribution in [1.82, 2.24) is 0 Å². The Kier molecular flexibility index (Phi) is 6.18. The second-order valence-electron chi connectivity index (χ2n) is 7.85. The summed E-state index contributed by atoms with van der Waals surface area (Å²) in [5.74, 6) is -2.89. The Morgan fingerprint density at radius 2 is 1.96 bits per heavy atom. The first-order valence-electron chi connectivity index (χ1n) is 9.91. The predicted octanol–water partition coefficient (Wildman–Crippen LogP) is 5.87. The van der Waals surface area contributed by atoms with E-state index in [0.29, 0.717) is 23.8 Å². The van der Waals surface area contributed by atoms with Crippen molar-refractivity contribution in [3.63, 3.8) is 0 Å². The number of ether oxygens (including phenoxy) is 1. The number of hydrogen-bond acceptors (Lipinski definition) is 2. The summed E-state index contributed by atoms with van der Waals surface area (Å²) >= 11 is 0. The zero-order chi connectivity index (χ0) is 19.4. The number of carbonyl (C=O) groups is 1. The summed E-state index contributed by atoms with van der Waals surface area (Å²) in [7, 11) is 0. The van der Waals surface area contributed by atoms with Gasteiger partial charge in [0.1, 0.15) is 12.4 Å². The number of halogens is 2. The van der Waals surface area contributed by atoms with Gasteiger partial charge < -0.3 is 9.84 Å². The van der Waals surface area contributed by atoms with Crippen LogP contribution in [0.2, 0.25) is 0 Å². The van der Waals surface area contributed by atoms with Gasteiger partial charge in [-0.05, 0) is 74.1 Å². The number of carboxylic acid groups (broad SMARTS) is 1. The fraction of sp³-hybridized carbons (Fsp3) is 0.591. The van der Waals surface area contributed by atoms with Crippen LogP contribution in [-0.2, 0) is 17.1 Å². The van der Waals surface area contributed by atoms with E-state index in [1.54, 1.807) is 17.7 Å². The molecular formula is C22H28F2O3. The fourth-order valence-electron chi connectivity index (χ4n) is 4.09. The summed E-state index contributed by atoms with van der Waals surface area (Å²) in [6.45, 7) is 1.31. The number of aliphatic carboxylic acids is 1. The van der Waals surface area contributed by atoms with Crippen molar-refractivity contribution < 1.29 is 23.4 Å². The van der Waals surface area contributed by atoms with Gasteiger partial charge in [0.15, 0.2) is 0 Å². The third-order valence-corrected chi connectivity index (χ3v) is 5.80. The Labute approximate surface area is 159 Å². The lowest BCUT2D eigenvalue weighted by Gasteiger charge is -2.33. The monoisotopic (exact) mass is 378 g/mol. The maximum atomic E-state index is 14.0. The zero-order valence-electron chi connectivity index (χ0n) is 15.9. The third-order valence-electron chi connectivity index (χ3n) is 5.80. The van der Waals surface area contributed by atoms with E-state index >= 15 is 0 Å². The summed E-state index contributed by atoms with van der Waals surface area (Å²) in [5.41, 5.74) is 3.12. The van der Waals surface area contributed by atoms with Gasteiger partial charge >= 0.3 is 5.97 Å². The number of alkyl halides is 2. The van der Waals surface area contributed by atoms with Crippen LogP contribution in [0.3, 0.4) is 0 Å². The molecule has 0 saturated heterocycles. The van der Waals surface area contributed by atoms with Gasteiger partial charge in [-0.15, -0.1) is 0 Å². The van der Waals surface area contributed by atoms with Crippen molar-refractivity contribution in [3.05, 3.63) is 40.5 Å². The second kappa shape index (κ2) is 8.41. The Bertz CT molecular complexity index is 715. The minimum atomic E-state index is -3.03. The quantitative estimate of drug-likeness (QED) is 0.576. The third kappa shape index (κ3) is 5.08. The summed E-state index contributed by atoms with van der Waals surface area (Å²) < 4.78 is 34.0. The van der Waals surface area contributed by atoms with Crippen LogP contribution in [0.25, 0.3) is 0 Å². The molecule has 0 heterocycles. The largest absolute Gasteiger partial charge is 0.489 e. The highest BCUT2D eigenvalue weighted by atomic mass is 19.3. The van der Waals surface area contributed by atoms with Crippen molar-refractivity contribution >= 4 is 5.97 Å². The summed E-state index contributed by atoms with van der Waals surface area (Å²) in [6.07, 6.45) is 8.35.